The second kappa shape index (κ2) is 11.7. The third-order valence-electron chi connectivity index (χ3n) is 6.53. The molecule has 3 heteroatoms. The summed E-state index contributed by atoms with van der Waals surface area (Å²) in [5, 5.41) is 10.0. The number of aryl methyl sites for hydroxylation is 2. The third kappa shape index (κ3) is 6.70. The highest BCUT2D eigenvalue weighted by Crippen LogP contribution is 2.41. The first-order valence-corrected chi connectivity index (χ1v) is 12.1. The standard InChI is InChI=1S/C29H43NO2/c1-7-29(8-2,25-13-12-24(22(3)20-25)16-17-28(5,6)31)26-14-15-27(23(4)21-26)32-19-11-9-10-18-30/h12-17,20-21,31H,7-11,18-19,30H2,1-6H3/b17-16+. The lowest BCUT2D eigenvalue weighted by atomic mass is 9.70. The van der Waals surface area contributed by atoms with Crippen LogP contribution >= 0.6 is 0 Å². The van der Waals surface area contributed by atoms with E-state index in [0.717, 1.165) is 56.6 Å². The van der Waals surface area contributed by atoms with Gasteiger partial charge in [-0.05, 0) is 100 Å². The molecule has 0 amide bonds. The minimum atomic E-state index is -0.812. The van der Waals surface area contributed by atoms with Crippen molar-refractivity contribution in [2.24, 2.45) is 5.73 Å². The topological polar surface area (TPSA) is 55.5 Å². The maximum Gasteiger partial charge on any atom is 0.122 e. The molecule has 0 saturated heterocycles. The van der Waals surface area contributed by atoms with Crippen molar-refractivity contribution in [1.29, 1.82) is 0 Å². The fourth-order valence-corrected chi connectivity index (χ4v) is 4.40. The molecule has 0 aromatic heterocycles. The molecule has 32 heavy (non-hydrogen) atoms. The highest BCUT2D eigenvalue weighted by molar-refractivity contribution is 5.57. The summed E-state index contributed by atoms with van der Waals surface area (Å²) < 4.78 is 6.04. The molecule has 0 aliphatic rings. The van der Waals surface area contributed by atoms with Gasteiger partial charge in [-0.3, -0.25) is 0 Å². The number of ether oxygens (including phenoxy) is 1. The van der Waals surface area contributed by atoms with E-state index < -0.39 is 5.60 Å². The van der Waals surface area contributed by atoms with Crippen molar-refractivity contribution < 1.29 is 9.84 Å². The largest absolute Gasteiger partial charge is 0.493 e. The summed E-state index contributed by atoms with van der Waals surface area (Å²) in [6.45, 7) is 13.9. The molecule has 0 aliphatic heterocycles. The molecule has 0 unspecified atom stereocenters. The fraction of sp³-hybridized carbons (Fsp3) is 0.517. The van der Waals surface area contributed by atoms with Crippen LogP contribution in [0.15, 0.2) is 42.5 Å². The summed E-state index contributed by atoms with van der Waals surface area (Å²) >= 11 is 0. The average molecular weight is 438 g/mol. The van der Waals surface area contributed by atoms with Crippen LogP contribution in [0.2, 0.25) is 0 Å². The first kappa shape index (κ1) is 26.2. The number of nitrogens with two attached hydrogens (primary N) is 1. The first-order chi connectivity index (χ1) is 15.2. The van der Waals surface area contributed by atoms with Crippen LogP contribution < -0.4 is 10.5 Å². The maximum atomic E-state index is 10.0. The maximum absolute atomic E-state index is 10.0. The lowest BCUT2D eigenvalue weighted by molar-refractivity contribution is 0.134. The van der Waals surface area contributed by atoms with E-state index in [-0.39, 0.29) is 5.41 Å². The van der Waals surface area contributed by atoms with Crippen molar-refractivity contribution in [3.63, 3.8) is 0 Å². The number of unbranched alkanes of at least 4 members (excludes halogenated alkanes) is 2. The van der Waals surface area contributed by atoms with Crippen LogP contribution in [0.5, 0.6) is 5.75 Å². The van der Waals surface area contributed by atoms with Gasteiger partial charge in [0.15, 0.2) is 0 Å². The van der Waals surface area contributed by atoms with Crippen molar-refractivity contribution in [3.05, 3.63) is 70.3 Å². The molecular weight excluding hydrogens is 394 g/mol. The second-order valence-corrected chi connectivity index (χ2v) is 9.53. The van der Waals surface area contributed by atoms with Gasteiger partial charge in [0, 0.05) is 5.41 Å². The Labute approximate surface area is 195 Å². The van der Waals surface area contributed by atoms with Gasteiger partial charge in [0.25, 0.3) is 0 Å². The molecule has 176 valence electrons. The first-order valence-electron chi connectivity index (χ1n) is 12.1. The molecule has 0 bridgehead atoms. The van der Waals surface area contributed by atoms with Gasteiger partial charge in [-0.2, -0.15) is 0 Å². The average Bonchev–Trinajstić information content (AvgIpc) is 2.75. The van der Waals surface area contributed by atoms with E-state index >= 15 is 0 Å². The third-order valence-corrected chi connectivity index (χ3v) is 6.53. The Bertz CT molecular complexity index is 889. The van der Waals surface area contributed by atoms with Crippen LogP contribution in [0.1, 0.15) is 87.6 Å². The van der Waals surface area contributed by atoms with Gasteiger partial charge in [0.2, 0.25) is 0 Å². The zero-order chi connectivity index (χ0) is 23.8. The molecule has 0 heterocycles. The second-order valence-electron chi connectivity index (χ2n) is 9.53. The summed E-state index contributed by atoms with van der Waals surface area (Å²) in [7, 11) is 0. The fourth-order valence-electron chi connectivity index (χ4n) is 4.40. The van der Waals surface area contributed by atoms with E-state index in [2.05, 4.69) is 64.1 Å². The van der Waals surface area contributed by atoms with E-state index in [9.17, 15) is 5.11 Å². The summed E-state index contributed by atoms with van der Waals surface area (Å²) in [6.07, 6.45) is 9.13. The molecule has 3 nitrogen and oxygen atoms in total. The van der Waals surface area contributed by atoms with Crippen LogP contribution in [-0.4, -0.2) is 23.9 Å². The summed E-state index contributed by atoms with van der Waals surface area (Å²) in [4.78, 5) is 0. The Balaban J connectivity index is 2.31. The Hall–Kier alpha value is -2.10. The summed E-state index contributed by atoms with van der Waals surface area (Å²) in [5.41, 5.74) is 11.0. The minimum Gasteiger partial charge on any atom is -0.493 e. The summed E-state index contributed by atoms with van der Waals surface area (Å²) in [5.74, 6) is 0.978. The number of benzene rings is 2. The SMILES string of the molecule is CCC(CC)(c1ccc(/C=C/C(C)(C)O)c(C)c1)c1ccc(OCCCCCN)c(C)c1. The Morgan fingerprint density at radius 1 is 0.906 bits per heavy atom. The van der Waals surface area contributed by atoms with Gasteiger partial charge in [0.05, 0.1) is 12.2 Å². The Kier molecular flexibility index (Phi) is 9.54. The van der Waals surface area contributed by atoms with Gasteiger partial charge in [-0.15, -0.1) is 0 Å². The molecule has 2 rings (SSSR count). The molecule has 0 spiro atoms. The Morgan fingerprint density at radius 2 is 1.53 bits per heavy atom. The summed E-state index contributed by atoms with van der Waals surface area (Å²) in [6, 6.07) is 13.4. The van der Waals surface area contributed by atoms with Gasteiger partial charge in [-0.1, -0.05) is 56.3 Å². The van der Waals surface area contributed by atoms with Crippen LogP contribution in [0.25, 0.3) is 6.08 Å². The lowest BCUT2D eigenvalue weighted by Crippen LogP contribution is -2.26. The van der Waals surface area contributed by atoms with E-state index in [0.29, 0.717) is 0 Å². The molecule has 0 aliphatic carbocycles. The molecule has 0 saturated carbocycles. The normalized spacial score (nSPS) is 12.5. The quantitative estimate of drug-likeness (QED) is 0.363. The van der Waals surface area contributed by atoms with E-state index in [1.807, 2.05) is 12.2 Å². The zero-order valence-corrected chi connectivity index (χ0v) is 21.0. The van der Waals surface area contributed by atoms with Crippen molar-refractivity contribution in [3.8, 4) is 5.75 Å². The van der Waals surface area contributed by atoms with Gasteiger partial charge in [-0.25, -0.2) is 0 Å². The number of rotatable bonds is 12. The van der Waals surface area contributed by atoms with Crippen molar-refractivity contribution >= 4 is 6.08 Å². The van der Waals surface area contributed by atoms with Crippen molar-refractivity contribution in [1.82, 2.24) is 0 Å². The predicted molar refractivity (Wildman–Crippen MR) is 137 cm³/mol. The highest BCUT2D eigenvalue weighted by Gasteiger charge is 2.31. The van der Waals surface area contributed by atoms with E-state index in [1.165, 1.54) is 22.3 Å². The van der Waals surface area contributed by atoms with Crippen LogP contribution in [0.3, 0.4) is 0 Å². The predicted octanol–water partition coefficient (Wildman–Crippen LogP) is 6.70. The van der Waals surface area contributed by atoms with E-state index in [4.69, 9.17) is 10.5 Å². The van der Waals surface area contributed by atoms with Gasteiger partial charge < -0.3 is 15.6 Å². The number of hydrogen-bond acceptors (Lipinski definition) is 3. The highest BCUT2D eigenvalue weighted by atomic mass is 16.5. The van der Waals surface area contributed by atoms with E-state index in [1.54, 1.807) is 13.8 Å². The van der Waals surface area contributed by atoms with Crippen molar-refractivity contribution in [2.75, 3.05) is 13.2 Å². The van der Waals surface area contributed by atoms with Crippen molar-refractivity contribution in [2.45, 2.75) is 84.7 Å². The smallest absolute Gasteiger partial charge is 0.122 e. The van der Waals surface area contributed by atoms with Crippen LogP contribution in [0.4, 0.5) is 0 Å². The zero-order valence-electron chi connectivity index (χ0n) is 21.0. The number of hydrogen-bond donors (Lipinski definition) is 2. The molecule has 3 N–H and O–H groups in total. The molecule has 2 aromatic rings. The van der Waals surface area contributed by atoms with Gasteiger partial charge in [0.1, 0.15) is 5.75 Å². The minimum absolute atomic E-state index is 0.0341. The Morgan fingerprint density at radius 3 is 2.06 bits per heavy atom. The molecule has 0 atom stereocenters. The van der Waals surface area contributed by atoms with Crippen LogP contribution in [-0.2, 0) is 5.41 Å². The number of aliphatic hydroxyl groups is 1. The monoisotopic (exact) mass is 437 g/mol. The molecule has 0 radical (unpaired) electrons. The van der Waals surface area contributed by atoms with Gasteiger partial charge >= 0.3 is 0 Å². The van der Waals surface area contributed by atoms with Crippen LogP contribution in [0, 0.1) is 13.8 Å². The molecule has 0 fully saturated rings. The molecular formula is C29H43NO2. The lowest BCUT2D eigenvalue weighted by Gasteiger charge is -2.34. The molecule has 2 aromatic carbocycles.